The number of likely N-dealkylation sites (tertiary alicyclic amines) is 1. The van der Waals surface area contributed by atoms with E-state index < -0.39 is 14.1 Å². The molecule has 5 aromatic carbocycles. The SMILES string of the molecule is [C-]#[N+]CCOP(O[C@@H]1C[C@@H](COC(c2ccccc2)(c2ccc(OC)cc2)c2ccc(OC)cc2)N(C(=O)CCCCCNC(=O)[C@@H](C)c2ccc3cc(C)ccc3c2)C1)N(C(C)C)C(C)C. The van der Waals surface area contributed by atoms with Gasteiger partial charge >= 0.3 is 0 Å². The average Bonchev–Trinajstić information content (AvgIpc) is 3.75. The molecule has 1 saturated heterocycles. The summed E-state index contributed by atoms with van der Waals surface area (Å²) in [7, 11) is 1.77. The van der Waals surface area contributed by atoms with Crippen LogP contribution in [0.3, 0.4) is 0 Å². The zero-order chi connectivity index (χ0) is 47.9. The third-order valence-corrected chi connectivity index (χ3v) is 14.7. The van der Waals surface area contributed by atoms with Crippen molar-refractivity contribution in [2.45, 2.75) is 109 Å². The number of rotatable bonds is 24. The van der Waals surface area contributed by atoms with Gasteiger partial charge < -0.3 is 38.3 Å². The van der Waals surface area contributed by atoms with E-state index >= 15 is 0 Å². The summed E-state index contributed by atoms with van der Waals surface area (Å²) in [6.07, 6.45) is 2.79. The Kier molecular flexibility index (Phi) is 18.8. The quantitative estimate of drug-likeness (QED) is 0.0282. The van der Waals surface area contributed by atoms with Gasteiger partial charge in [-0.2, -0.15) is 0 Å². The summed E-state index contributed by atoms with van der Waals surface area (Å²) in [4.78, 5) is 33.1. The number of hydrogen-bond donors (Lipinski definition) is 1. The van der Waals surface area contributed by atoms with E-state index in [0.29, 0.717) is 32.4 Å². The molecule has 1 N–H and O–H groups in total. The van der Waals surface area contributed by atoms with Crippen LogP contribution in [0.4, 0.5) is 0 Å². The second-order valence-corrected chi connectivity index (χ2v) is 19.3. The highest BCUT2D eigenvalue weighted by molar-refractivity contribution is 7.44. The van der Waals surface area contributed by atoms with Gasteiger partial charge in [-0.15, -0.1) is 0 Å². The van der Waals surface area contributed by atoms with E-state index in [-0.39, 0.29) is 61.7 Å². The number of benzene rings is 5. The summed E-state index contributed by atoms with van der Waals surface area (Å²) in [5.74, 6) is 1.21. The molecule has 1 aliphatic heterocycles. The number of amides is 2. The van der Waals surface area contributed by atoms with Crippen molar-refractivity contribution in [1.29, 1.82) is 0 Å². The zero-order valence-electron chi connectivity index (χ0n) is 40.6. The summed E-state index contributed by atoms with van der Waals surface area (Å²) in [6, 6.07) is 38.6. The van der Waals surface area contributed by atoms with Crippen molar-refractivity contribution in [3.8, 4) is 11.5 Å². The maximum Gasteiger partial charge on any atom is 0.259 e. The first kappa shape index (κ1) is 51.1. The predicted molar refractivity (Wildman–Crippen MR) is 268 cm³/mol. The highest BCUT2D eigenvalue weighted by atomic mass is 31.2. The molecule has 11 nitrogen and oxygen atoms in total. The standard InChI is InChI=1S/C55H69N4O7P/c1-39(2)59(40(3)4)67(65-33-32-56-7)66-52-36-49(38-64-55(46-16-12-10-13-17-46,47-23-27-50(62-8)28-24-47)48-25-29-51(63-9)30-26-48)58(37-52)53(60)18-14-11-15-31-57-54(61)42(6)43-21-22-44-34-41(5)19-20-45(44)35-43/h10,12-13,16-17,19-30,34-35,39-40,42,49,52H,11,14-15,18,31-33,36-38H2,1-6,8-9H3,(H,57,61)/t42-,49-,52+,67?/m0/s1. The minimum atomic E-state index is -1.53. The summed E-state index contributed by atoms with van der Waals surface area (Å²) >= 11 is 0. The Morgan fingerprint density at radius 2 is 1.42 bits per heavy atom. The van der Waals surface area contributed by atoms with Gasteiger partial charge in [-0.25, -0.2) is 11.2 Å². The van der Waals surface area contributed by atoms with Crippen molar-refractivity contribution in [2.24, 2.45) is 0 Å². The number of aryl methyl sites for hydroxylation is 1. The number of nitrogens with one attached hydrogen (secondary N) is 1. The fourth-order valence-electron chi connectivity index (χ4n) is 9.02. The lowest BCUT2D eigenvalue weighted by molar-refractivity contribution is -0.134. The van der Waals surface area contributed by atoms with E-state index in [1.165, 1.54) is 10.9 Å². The maximum atomic E-state index is 14.5. The largest absolute Gasteiger partial charge is 0.497 e. The van der Waals surface area contributed by atoms with Crippen LogP contribution in [0.5, 0.6) is 11.5 Å². The zero-order valence-corrected chi connectivity index (χ0v) is 41.5. The molecule has 1 heterocycles. The number of carbonyl (C=O) groups is 2. The van der Waals surface area contributed by atoms with Crippen molar-refractivity contribution in [1.82, 2.24) is 14.9 Å². The molecule has 12 heteroatoms. The molecule has 4 atom stereocenters. The molecule has 0 aromatic heterocycles. The van der Waals surface area contributed by atoms with Crippen LogP contribution >= 0.6 is 8.53 Å². The molecular weight excluding hydrogens is 860 g/mol. The van der Waals surface area contributed by atoms with Crippen LogP contribution in [0, 0.1) is 13.5 Å². The van der Waals surface area contributed by atoms with Crippen LogP contribution in [0.15, 0.2) is 115 Å². The molecule has 1 unspecified atom stereocenters. The minimum Gasteiger partial charge on any atom is -0.497 e. The molecule has 67 heavy (non-hydrogen) atoms. The van der Waals surface area contributed by atoms with Crippen molar-refractivity contribution in [2.75, 3.05) is 47.1 Å². The highest BCUT2D eigenvalue weighted by Crippen LogP contribution is 2.49. The van der Waals surface area contributed by atoms with Crippen LogP contribution in [-0.2, 0) is 29.0 Å². The topological polar surface area (TPSA) is 103 Å². The number of fused-ring (bicyclic) bond motifs is 1. The average molecular weight is 929 g/mol. The second-order valence-electron chi connectivity index (χ2n) is 17.9. The normalized spacial score (nSPS) is 16.1. The van der Waals surface area contributed by atoms with Crippen molar-refractivity contribution in [3.63, 3.8) is 0 Å². The molecule has 1 fully saturated rings. The molecule has 1 aliphatic rings. The monoisotopic (exact) mass is 928 g/mol. The van der Waals surface area contributed by atoms with Gasteiger partial charge in [0.05, 0.1) is 38.9 Å². The fourth-order valence-corrected chi connectivity index (χ4v) is 10.7. The Bertz CT molecular complexity index is 2330. The Morgan fingerprint density at radius 3 is 2.03 bits per heavy atom. The molecular formula is C55H69N4O7P. The minimum absolute atomic E-state index is 0.00382. The van der Waals surface area contributed by atoms with Crippen molar-refractivity contribution in [3.05, 3.63) is 154 Å². The van der Waals surface area contributed by atoms with Crippen LogP contribution in [0.25, 0.3) is 15.6 Å². The Morgan fingerprint density at radius 1 is 0.806 bits per heavy atom. The van der Waals surface area contributed by atoms with Crippen LogP contribution in [0.1, 0.15) is 100 Å². The number of methoxy groups -OCH3 is 2. The van der Waals surface area contributed by atoms with Gasteiger partial charge in [-0.3, -0.25) is 9.59 Å². The lowest BCUT2D eigenvalue weighted by atomic mass is 9.80. The lowest BCUT2D eigenvalue weighted by Crippen LogP contribution is -2.42. The molecule has 0 saturated carbocycles. The smallest absolute Gasteiger partial charge is 0.259 e. The molecule has 0 spiro atoms. The molecule has 0 bridgehead atoms. The summed E-state index contributed by atoms with van der Waals surface area (Å²) in [5.41, 5.74) is 3.88. The van der Waals surface area contributed by atoms with E-state index in [1.54, 1.807) is 14.2 Å². The Labute approximate surface area is 399 Å². The van der Waals surface area contributed by atoms with Crippen LogP contribution in [0.2, 0.25) is 0 Å². The Hall–Kier alpha value is -5.34. The van der Waals surface area contributed by atoms with E-state index in [4.69, 9.17) is 29.8 Å². The number of ether oxygens (including phenoxy) is 3. The molecule has 2 amide bonds. The molecule has 0 radical (unpaired) electrons. The summed E-state index contributed by atoms with van der Waals surface area (Å²) < 4.78 is 34.0. The highest BCUT2D eigenvalue weighted by Gasteiger charge is 2.43. The molecule has 6 rings (SSSR count). The number of carbonyl (C=O) groups excluding carboxylic acids is 2. The van der Waals surface area contributed by atoms with E-state index in [0.717, 1.165) is 52.0 Å². The van der Waals surface area contributed by atoms with E-state index in [9.17, 15) is 9.59 Å². The first-order chi connectivity index (χ1) is 32.4. The Balaban J connectivity index is 1.20. The van der Waals surface area contributed by atoms with Crippen molar-refractivity contribution < 1.29 is 32.8 Å². The molecule has 356 valence electrons. The number of unbranched alkanes of at least 4 members (excludes halogenated alkanes) is 2. The molecule has 5 aromatic rings. The third kappa shape index (κ3) is 13.0. The summed E-state index contributed by atoms with van der Waals surface area (Å²) in [5, 5.41) is 5.42. The van der Waals surface area contributed by atoms with Gasteiger partial charge in [0.25, 0.3) is 8.53 Å². The first-order valence-corrected chi connectivity index (χ1v) is 24.8. The second kappa shape index (κ2) is 24.6. The summed E-state index contributed by atoms with van der Waals surface area (Å²) in [6.45, 7) is 21.5. The van der Waals surface area contributed by atoms with Gasteiger partial charge in [-0.05, 0) is 118 Å². The number of nitrogens with zero attached hydrogens (tertiary/aromatic N) is 3. The lowest BCUT2D eigenvalue weighted by Gasteiger charge is -2.38. The van der Waals surface area contributed by atoms with E-state index in [2.05, 4.69) is 91.9 Å². The molecule has 0 aliphatic carbocycles. The van der Waals surface area contributed by atoms with E-state index in [1.807, 2.05) is 84.6 Å². The maximum absolute atomic E-state index is 14.5. The van der Waals surface area contributed by atoms with Gasteiger partial charge in [0, 0.05) is 31.6 Å². The van der Waals surface area contributed by atoms with Gasteiger partial charge in [0.15, 0.2) is 0 Å². The third-order valence-electron chi connectivity index (χ3n) is 12.5. The predicted octanol–water partition coefficient (Wildman–Crippen LogP) is 11.2. The van der Waals surface area contributed by atoms with Gasteiger partial charge in [-0.1, -0.05) is 103 Å². The van der Waals surface area contributed by atoms with Crippen molar-refractivity contribution >= 4 is 31.1 Å². The van der Waals surface area contributed by atoms with Crippen LogP contribution in [-0.4, -0.2) is 92.7 Å². The number of hydrogen-bond acceptors (Lipinski definition) is 8. The van der Waals surface area contributed by atoms with Gasteiger partial charge in [0.2, 0.25) is 18.4 Å². The fraction of sp³-hybridized carbons (Fsp3) is 0.436. The van der Waals surface area contributed by atoms with Crippen LogP contribution < -0.4 is 14.8 Å². The first-order valence-electron chi connectivity index (χ1n) is 23.7. The van der Waals surface area contributed by atoms with Gasteiger partial charge in [0.1, 0.15) is 23.7 Å².